The number of nitrogens with one attached hydrogen (secondary N) is 1. The number of aliphatic hydroxyl groups excluding tert-OH is 1. The van der Waals surface area contributed by atoms with Crippen LogP contribution in [-0.2, 0) is 18.4 Å². The summed E-state index contributed by atoms with van der Waals surface area (Å²) in [6.07, 6.45) is 34.9. The summed E-state index contributed by atoms with van der Waals surface area (Å²) in [7, 11) is 1.30. The summed E-state index contributed by atoms with van der Waals surface area (Å²) in [5, 5.41) is 13.8. The fourth-order valence-corrected chi connectivity index (χ4v) is 6.64. The smallest absolute Gasteiger partial charge is 0.268 e. The van der Waals surface area contributed by atoms with Crippen molar-refractivity contribution in [2.24, 2.45) is 0 Å². The molecular weight excluding hydrogens is 635 g/mol. The number of phosphoric ester groups is 1. The van der Waals surface area contributed by atoms with Crippen LogP contribution in [0.4, 0.5) is 0 Å². The van der Waals surface area contributed by atoms with Gasteiger partial charge in [0.1, 0.15) is 13.2 Å². The molecule has 0 spiro atoms. The van der Waals surface area contributed by atoms with Gasteiger partial charge in [0.15, 0.2) is 0 Å². The molecular formula is C40H81N2O6P. The minimum atomic E-state index is -4.55. The second-order valence-electron chi connectivity index (χ2n) is 15.3. The van der Waals surface area contributed by atoms with Crippen LogP contribution in [0, 0.1) is 0 Å². The van der Waals surface area contributed by atoms with E-state index in [0.717, 1.165) is 51.4 Å². The van der Waals surface area contributed by atoms with Crippen molar-refractivity contribution in [2.45, 2.75) is 199 Å². The summed E-state index contributed by atoms with van der Waals surface area (Å²) in [4.78, 5) is 25.2. The number of hydrogen-bond donors (Lipinski definition) is 2. The van der Waals surface area contributed by atoms with Gasteiger partial charge in [-0.1, -0.05) is 154 Å². The Morgan fingerprint density at radius 2 is 1.12 bits per heavy atom. The van der Waals surface area contributed by atoms with Crippen molar-refractivity contribution in [1.82, 2.24) is 5.32 Å². The van der Waals surface area contributed by atoms with Crippen molar-refractivity contribution in [2.75, 3.05) is 40.9 Å². The topological polar surface area (TPSA) is 108 Å². The quantitative estimate of drug-likeness (QED) is 0.0287. The first-order valence-electron chi connectivity index (χ1n) is 20.5. The fourth-order valence-electron chi connectivity index (χ4n) is 5.92. The molecule has 0 heterocycles. The second-order valence-corrected chi connectivity index (χ2v) is 16.8. The number of likely N-dealkylation sites (N-methyl/N-ethyl adjacent to an activating group) is 1. The predicted molar refractivity (Wildman–Crippen MR) is 205 cm³/mol. The van der Waals surface area contributed by atoms with E-state index in [4.69, 9.17) is 9.05 Å². The van der Waals surface area contributed by atoms with Gasteiger partial charge >= 0.3 is 0 Å². The van der Waals surface area contributed by atoms with Crippen LogP contribution >= 0.6 is 7.82 Å². The van der Waals surface area contributed by atoms with Crippen LogP contribution in [0.3, 0.4) is 0 Å². The van der Waals surface area contributed by atoms with Crippen LogP contribution in [0.25, 0.3) is 0 Å². The first-order valence-corrected chi connectivity index (χ1v) is 22.0. The van der Waals surface area contributed by atoms with Gasteiger partial charge < -0.3 is 28.8 Å². The molecule has 8 nitrogen and oxygen atoms in total. The van der Waals surface area contributed by atoms with Gasteiger partial charge in [-0.15, -0.1) is 0 Å². The minimum Gasteiger partial charge on any atom is -0.756 e. The van der Waals surface area contributed by atoms with Crippen molar-refractivity contribution < 1.29 is 32.9 Å². The Morgan fingerprint density at radius 1 is 0.694 bits per heavy atom. The van der Waals surface area contributed by atoms with Crippen molar-refractivity contribution >= 4 is 13.7 Å². The molecule has 49 heavy (non-hydrogen) atoms. The number of unbranched alkanes of at least 4 members (excludes halogenated alkanes) is 22. The van der Waals surface area contributed by atoms with Crippen molar-refractivity contribution in [1.29, 1.82) is 0 Å². The minimum absolute atomic E-state index is 0.0121. The van der Waals surface area contributed by atoms with Gasteiger partial charge in [0, 0.05) is 6.42 Å². The highest BCUT2D eigenvalue weighted by molar-refractivity contribution is 7.45. The maximum Gasteiger partial charge on any atom is 0.268 e. The van der Waals surface area contributed by atoms with Gasteiger partial charge in [-0.3, -0.25) is 9.36 Å². The molecule has 0 aromatic heterocycles. The SMILES string of the molecule is CCCCCCCC/C=C/CCCCCCCC(=O)N[C@@H](COP(=O)([O-])OCC[N+](C)(C)C)[C@H](O)CCCCCCCCCCCCCC. The number of phosphoric acid groups is 1. The zero-order valence-corrected chi connectivity index (χ0v) is 33.8. The number of quaternary nitrogens is 1. The Morgan fingerprint density at radius 3 is 1.59 bits per heavy atom. The van der Waals surface area contributed by atoms with Crippen LogP contribution in [0.1, 0.15) is 187 Å². The highest BCUT2D eigenvalue weighted by Crippen LogP contribution is 2.38. The van der Waals surface area contributed by atoms with Crippen LogP contribution in [0.5, 0.6) is 0 Å². The van der Waals surface area contributed by atoms with Gasteiger partial charge in [0.2, 0.25) is 5.91 Å². The van der Waals surface area contributed by atoms with Crippen molar-refractivity contribution in [3.63, 3.8) is 0 Å². The maximum absolute atomic E-state index is 12.8. The third-order valence-electron chi connectivity index (χ3n) is 9.25. The average Bonchev–Trinajstić information content (AvgIpc) is 3.04. The Labute approximate surface area is 303 Å². The number of aliphatic hydroxyl groups is 1. The summed E-state index contributed by atoms with van der Waals surface area (Å²) in [6.45, 7) is 4.69. The molecule has 0 rings (SSSR count). The molecule has 0 aliphatic heterocycles. The van der Waals surface area contributed by atoms with Crippen LogP contribution in [-0.4, -0.2) is 68.5 Å². The summed E-state index contributed by atoms with van der Waals surface area (Å²) >= 11 is 0. The van der Waals surface area contributed by atoms with E-state index in [1.807, 2.05) is 21.1 Å². The molecule has 0 bridgehead atoms. The van der Waals surface area contributed by atoms with E-state index >= 15 is 0 Å². The van der Waals surface area contributed by atoms with Gasteiger partial charge in [-0.05, 0) is 38.5 Å². The van der Waals surface area contributed by atoms with E-state index in [-0.39, 0.29) is 19.1 Å². The Kier molecular flexibility index (Phi) is 32.6. The first-order chi connectivity index (χ1) is 23.5. The number of nitrogens with zero attached hydrogens (tertiary/aromatic N) is 1. The van der Waals surface area contributed by atoms with E-state index in [1.54, 1.807) is 0 Å². The van der Waals surface area contributed by atoms with Gasteiger partial charge in [-0.2, -0.15) is 0 Å². The molecule has 1 unspecified atom stereocenters. The third kappa shape index (κ3) is 35.4. The van der Waals surface area contributed by atoms with Crippen LogP contribution < -0.4 is 10.2 Å². The summed E-state index contributed by atoms with van der Waals surface area (Å²) < 4.78 is 23.2. The van der Waals surface area contributed by atoms with Gasteiger partial charge in [-0.25, -0.2) is 0 Å². The zero-order chi connectivity index (χ0) is 36.5. The largest absolute Gasteiger partial charge is 0.756 e. The van der Waals surface area contributed by atoms with E-state index in [9.17, 15) is 19.4 Å². The van der Waals surface area contributed by atoms with Crippen molar-refractivity contribution in [3.8, 4) is 0 Å². The Balaban J connectivity index is 4.42. The van der Waals surface area contributed by atoms with E-state index in [0.29, 0.717) is 23.9 Å². The van der Waals surface area contributed by atoms with Gasteiger partial charge in [0.25, 0.3) is 7.82 Å². The molecule has 0 aromatic rings. The molecule has 0 saturated carbocycles. The number of hydrogen-bond acceptors (Lipinski definition) is 6. The van der Waals surface area contributed by atoms with E-state index in [1.165, 1.54) is 109 Å². The molecule has 0 aliphatic carbocycles. The predicted octanol–water partition coefficient (Wildman–Crippen LogP) is 10.2. The normalized spacial score (nSPS) is 14.7. The molecule has 292 valence electrons. The molecule has 0 aromatic carbocycles. The molecule has 0 radical (unpaired) electrons. The lowest BCUT2D eigenvalue weighted by molar-refractivity contribution is -0.870. The molecule has 2 N–H and O–H groups in total. The average molecular weight is 717 g/mol. The molecule has 1 amide bonds. The molecule has 3 atom stereocenters. The fraction of sp³-hybridized carbons (Fsp3) is 0.925. The number of carbonyl (C=O) groups is 1. The lowest BCUT2D eigenvalue weighted by atomic mass is 10.0. The summed E-state index contributed by atoms with van der Waals surface area (Å²) in [5.74, 6) is -0.174. The standard InChI is InChI=1S/C40H81N2O6P/c1-6-8-10-12-14-16-18-20-21-22-24-26-28-30-32-34-40(44)41-38(37-48-49(45,46)47-36-35-42(3,4)5)39(43)33-31-29-27-25-23-19-17-15-13-11-9-7-2/h20-21,38-39,43H,6-19,22-37H2,1-5H3,(H-,41,44,45,46)/b21-20+/t38-,39+/m0/s1. The summed E-state index contributed by atoms with van der Waals surface area (Å²) in [5.41, 5.74) is 0. The summed E-state index contributed by atoms with van der Waals surface area (Å²) in [6, 6.07) is -0.799. The van der Waals surface area contributed by atoms with Crippen molar-refractivity contribution in [3.05, 3.63) is 12.2 Å². The number of rotatable bonds is 37. The zero-order valence-electron chi connectivity index (χ0n) is 32.9. The first kappa shape index (κ1) is 48.2. The highest BCUT2D eigenvalue weighted by Gasteiger charge is 2.24. The molecule has 0 fully saturated rings. The second kappa shape index (κ2) is 33.1. The highest BCUT2D eigenvalue weighted by atomic mass is 31.2. The molecule has 9 heteroatoms. The Bertz CT molecular complexity index is 819. The lowest BCUT2D eigenvalue weighted by Gasteiger charge is -2.30. The number of carbonyl (C=O) groups excluding carboxylic acids is 1. The van der Waals surface area contributed by atoms with Crippen LogP contribution in [0.2, 0.25) is 0 Å². The number of allylic oxidation sites excluding steroid dienone is 2. The third-order valence-corrected chi connectivity index (χ3v) is 10.2. The van der Waals surface area contributed by atoms with Gasteiger partial charge in [0.05, 0.1) is 39.9 Å². The van der Waals surface area contributed by atoms with Crippen LogP contribution in [0.15, 0.2) is 12.2 Å². The lowest BCUT2D eigenvalue weighted by Crippen LogP contribution is -2.46. The molecule has 0 saturated heterocycles. The van der Waals surface area contributed by atoms with E-state index in [2.05, 4.69) is 31.3 Å². The monoisotopic (exact) mass is 717 g/mol. The van der Waals surface area contributed by atoms with E-state index < -0.39 is 20.0 Å². The maximum atomic E-state index is 12.8. The number of amides is 1. The molecule has 0 aliphatic rings. The Hall–Kier alpha value is -0.760.